The first kappa shape index (κ1) is 12.6. The molecule has 2 aromatic carbocycles. The Morgan fingerprint density at radius 1 is 1.10 bits per heavy atom. The summed E-state index contributed by atoms with van der Waals surface area (Å²) in [6.45, 7) is 0. The SMILES string of the molecule is CN(c1ccc2c(c1)CCC2)c1cc(C#N)ccc1N. The maximum absolute atomic E-state index is 9.02. The van der Waals surface area contributed by atoms with Crippen LogP contribution in [0, 0.1) is 11.3 Å². The van der Waals surface area contributed by atoms with E-state index in [1.54, 1.807) is 12.1 Å². The van der Waals surface area contributed by atoms with Crippen LogP contribution in [0.4, 0.5) is 17.1 Å². The molecule has 2 aromatic rings. The van der Waals surface area contributed by atoms with Crippen LogP contribution in [-0.2, 0) is 12.8 Å². The maximum Gasteiger partial charge on any atom is 0.0992 e. The molecule has 0 fully saturated rings. The Kier molecular flexibility index (Phi) is 3.08. The van der Waals surface area contributed by atoms with E-state index >= 15 is 0 Å². The van der Waals surface area contributed by atoms with Gasteiger partial charge in [-0.25, -0.2) is 0 Å². The fourth-order valence-corrected chi connectivity index (χ4v) is 2.81. The molecular formula is C17H17N3. The highest BCUT2D eigenvalue weighted by Gasteiger charge is 2.14. The molecule has 0 aromatic heterocycles. The van der Waals surface area contributed by atoms with Gasteiger partial charge in [0.25, 0.3) is 0 Å². The Hall–Kier alpha value is -2.47. The fraction of sp³-hybridized carbons (Fsp3) is 0.235. The second kappa shape index (κ2) is 4.90. The lowest BCUT2D eigenvalue weighted by Gasteiger charge is -2.22. The van der Waals surface area contributed by atoms with Gasteiger partial charge in [0.1, 0.15) is 0 Å². The van der Waals surface area contributed by atoms with E-state index < -0.39 is 0 Å². The third kappa shape index (κ3) is 2.10. The van der Waals surface area contributed by atoms with Crippen LogP contribution in [0.1, 0.15) is 23.1 Å². The summed E-state index contributed by atoms with van der Waals surface area (Å²) in [5.74, 6) is 0. The van der Waals surface area contributed by atoms with Crippen molar-refractivity contribution in [2.24, 2.45) is 0 Å². The number of nitriles is 1. The highest BCUT2D eigenvalue weighted by molar-refractivity contribution is 5.76. The topological polar surface area (TPSA) is 53.0 Å². The summed E-state index contributed by atoms with van der Waals surface area (Å²) in [5, 5.41) is 9.02. The minimum Gasteiger partial charge on any atom is -0.397 e. The first-order valence-corrected chi connectivity index (χ1v) is 6.84. The zero-order valence-corrected chi connectivity index (χ0v) is 11.6. The number of benzene rings is 2. The van der Waals surface area contributed by atoms with Gasteiger partial charge < -0.3 is 10.6 Å². The minimum atomic E-state index is 0.627. The lowest BCUT2D eigenvalue weighted by atomic mass is 10.1. The van der Waals surface area contributed by atoms with Gasteiger partial charge in [0.15, 0.2) is 0 Å². The smallest absolute Gasteiger partial charge is 0.0992 e. The molecule has 0 spiro atoms. The Bertz CT molecular complexity index is 698. The van der Waals surface area contributed by atoms with Crippen molar-refractivity contribution >= 4 is 17.1 Å². The van der Waals surface area contributed by atoms with E-state index in [4.69, 9.17) is 11.0 Å². The van der Waals surface area contributed by atoms with Crippen molar-refractivity contribution < 1.29 is 0 Å². The van der Waals surface area contributed by atoms with Gasteiger partial charge in [-0.1, -0.05) is 6.07 Å². The summed E-state index contributed by atoms with van der Waals surface area (Å²) in [5.41, 5.74) is 12.2. The van der Waals surface area contributed by atoms with Gasteiger partial charge in [-0.2, -0.15) is 5.26 Å². The molecule has 0 unspecified atom stereocenters. The largest absolute Gasteiger partial charge is 0.397 e. The molecule has 1 aliphatic rings. The predicted octanol–water partition coefficient (Wildman–Crippen LogP) is 3.40. The van der Waals surface area contributed by atoms with E-state index in [1.165, 1.54) is 24.0 Å². The van der Waals surface area contributed by atoms with Crippen LogP contribution in [0.2, 0.25) is 0 Å². The van der Waals surface area contributed by atoms with E-state index in [1.807, 2.05) is 13.1 Å². The first-order chi connectivity index (χ1) is 9.69. The van der Waals surface area contributed by atoms with Gasteiger partial charge in [-0.3, -0.25) is 0 Å². The predicted molar refractivity (Wildman–Crippen MR) is 82.1 cm³/mol. The van der Waals surface area contributed by atoms with Crippen molar-refractivity contribution in [2.45, 2.75) is 19.3 Å². The molecule has 100 valence electrons. The molecule has 3 nitrogen and oxygen atoms in total. The normalized spacial score (nSPS) is 12.8. The van der Waals surface area contributed by atoms with Crippen LogP contribution in [0.15, 0.2) is 36.4 Å². The number of nitrogens with two attached hydrogens (primary N) is 1. The third-order valence-electron chi connectivity index (χ3n) is 3.99. The van der Waals surface area contributed by atoms with E-state index in [9.17, 15) is 0 Å². The molecule has 0 aliphatic heterocycles. The molecule has 2 N–H and O–H groups in total. The van der Waals surface area contributed by atoms with Crippen molar-refractivity contribution in [1.82, 2.24) is 0 Å². The van der Waals surface area contributed by atoms with Gasteiger partial charge in [-0.15, -0.1) is 0 Å². The summed E-state index contributed by atoms with van der Waals surface area (Å²) in [6, 6.07) is 14.1. The molecule has 0 radical (unpaired) electrons. The molecule has 0 bridgehead atoms. The summed E-state index contributed by atoms with van der Waals surface area (Å²) in [4.78, 5) is 2.05. The van der Waals surface area contributed by atoms with Gasteiger partial charge in [-0.05, 0) is 60.7 Å². The van der Waals surface area contributed by atoms with E-state index in [2.05, 4.69) is 29.2 Å². The van der Waals surface area contributed by atoms with Gasteiger partial charge in [0, 0.05) is 12.7 Å². The molecule has 0 saturated carbocycles. The monoisotopic (exact) mass is 263 g/mol. The number of rotatable bonds is 2. The Balaban J connectivity index is 2.00. The fourth-order valence-electron chi connectivity index (χ4n) is 2.81. The highest BCUT2D eigenvalue weighted by Crippen LogP contribution is 2.33. The Labute approximate surface area is 119 Å². The molecule has 0 saturated heterocycles. The van der Waals surface area contributed by atoms with Crippen molar-refractivity contribution in [1.29, 1.82) is 5.26 Å². The van der Waals surface area contributed by atoms with Crippen LogP contribution in [0.5, 0.6) is 0 Å². The molecule has 0 heterocycles. The van der Waals surface area contributed by atoms with E-state index in [-0.39, 0.29) is 0 Å². The quantitative estimate of drug-likeness (QED) is 0.845. The Morgan fingerprint density at radius 3 is 2.70 bits per heavy atom. The average Bonchev–Trinajstić information content (AvgIpc) is 2.94. The van der Waals surface area contributed by atoms with Crippen LogP contribution >= 0.6 is 0 Å². The summed E-state index contributed by atoms with van der Waals surface area (Å²) in [7, 11) is 1.99. The zero-order chi connectivity index (χ0) is 14.1. The molecule has 0 amide bonds. The maximum atomic E-state index is 9.02. The van der Waals surface area contributed by atoms with E-state index in [0.29, 0.717) is 11.3 Å². The van der Waals surface area contributed by atoms with Crippen molar-refractivity contribution in [2.75, 3.05) is 17.7 Å². The Morgan fingerprint density at radius 2 is 1.90 bits per heavy atom. The molecule has 3 rings (SSSR count). The molecular weight excluding hydrogens is 246 g/mol. The second-order valence-corrected chi connectivity index (χ2v) is 5.25. The lowest BCUT2D eigenvalue weighted by molar-refractivity contribution is 0.911. The van der Waals surface area contributed by atoms with Gasteiger partial charge in [0.05, 0.1) is 23.0 Å². The molecule has 3 heteroatoms. The first-order valence-electron chi connectivity index (χ1n) is 6.84. The number of fused-ring (bicyclic) bond motifs is 1. The summed E-state index contributed by atoms with van der Waals surface area (Å²) < 4.78 is 0. The van der Waals surface area contributed by atoms with Crippen LogP contribution in [0.25, 0.3) is 0 Å². The summed E-state index contributed by atoms with van der Waals surface area (Å²) in [6.07, 6.45) is 3.59. The van der Waals surface area contributed by atoms with Crippen LogP contribution < -0.4 is 10.6 Å². The zero-order valence-electron chi connectivity index (χ0n) is 11.6. The van der Waals surface area contributed by atoms with Crippen molar-refractivity contribution in [3.05, 3.63) is 53.1 Å². The average molecular weight is 263 g/mol. The number of nitrogens with zero attached hydrogens (tertiary/aromatic N) is 2. The standard InChI is InChI=1S/C17H17N3/c1-20(17-9-12(11-18)5-8-16(17)19)15-7-6-13-3-2-4-14(13)10-15/h5-10H,2-4,19H2,1H3. The summed E-state index contributed by atoms with van der Waals surface area (Å²) >= 11 is 0. The number of hydrogen-bond donors (Lipinski definition) is 1. The van der Waals surface area contributed by atoms with Crippen molar-refractivity contribution in [3.63, 3.8) is 0 Å². The molecule has 20 heavy (non-hydrogen) atoms. The van der Waals surface area contributed by atoms with Crippen LogP contribution in [0.3, 0.4) is 0 Å². The van der Waals surface area contributed by atoms with E-state index in [0.717, 1.165) is 17.8 Å². The number of nitrogen functional groups attached to an aromatic ring is 1. The van der Waals surface area contributed by atoms with Crippen LogP contribution in [-0.4, -0.2) is 7.05 Å². The van der Waals surface area contributed by atoms with Gasteiger partial charge >= 0.3 is 0 Å². The highest BCUT2D eigenvalue weighted by atomic mass is 15.1. The van der Waals surface area contributed by atoms with Gasteiger partial charge in [0.2, 0.25) is 0 Å². The molecule has 0 atom stereocenters. The minimum absolute atomic E-state index is 0.627. The number of hydrogen-bond acceptors (Lipinski definition) is 3. The number of anilines is 3. The lowest BCUT2D eigenvalue weighted by Crippen LogP contribution is -2.12. The third-order valence-corrected chi connectivity index (χ3v) is 3.99. The second-order valence-electron chi connectivity index (χ2n) is 5.25. The van der Waals surface area contributed by atoms with Crippen molar-refractivity contribution in [3.8, 4) is 6.07 Å². The molecule has 1 aliphatic carbocycles. The number of aryl methyl sites for hydroxylation is 2.